The molecule has 0 spiro atoms. The van der Waals surface area contributed by atoms with Gasteiger partial charge in [0.25, 0.3) is 15.6 Å². The fourth-order valence-electron chi connectivity index (χ4n) is 3.58. The van der Waals surface area contributed by atoms with E-state index in [1.54, 1.807) is 4.31 Å². The maximum absolute atomic E-state index is 13.3. The topological polar surface area (TPSA) is 84.6 Å². The van der Waals surface area contributed by atoms with Crippen molar-refractivity contribution in [1.29, 1.82) is 0 Å². The Kier molecular flexibility index (Phi) is 4.91. The minimum Gasteiger partial charge on any atom is -0.303 e. The minimum atomic E-state index is -3.93. The van der Waals surface area contributed by atoms with Gasteiger partial charge in [-0.25, -0.2) is 13.2 Å². The van der Waals surface area contributed by atoms with Crippen LogP contribution in [0.4, 0.5) is 0 Å². The summed E-state index contributed by atoms with van der Waals surface area (Å²) in [5.74, 6) is 0. The van der Waals surface area contributed by atoms with Crippen LogP contribution < -0.4 is 11.2 Å². The second kappa shape index (κ2) is 6.69. The third-order valence-corrected chi connectivity index (χ3v) is 7.23. The van der Waals surface area contributed by atoms with Gasteiger partial charge in [0, 0.05) is 32.4 Å². The third kappa shape index (κ3) is 3.32. The van der Waals surface area contributed by atoms with Crippen molar-refractivity contribution in [3.05, 3.63) is 27.0 Å². The van der Waals surface area contributed by atoms with E-state index in [4.69, 9.17) is 0 Å². The highest BCUT2D eigenvalue weighted by Crippen LogP contribution is 2.35. The van der Waals surface area contributed by atoms with Crippen LogP contribution in [0.2, 0.25) is 0 Å². The molecule has 25 heavy (non-hydrogen) atoms. The van der Waals surface area contributed by atoms with Crippen LogP contribution >= 0.6 is 0 Å². The molecule has 140 valence electrons. The zero-order valence-electron chi connectivity index (χ0n) is 15.0. The summed E-state index contributed by atoms with van der Waals surface area (Å²) in [7, 11) is -1.16. The van der Waals surface area contributed by atoms with Crippen LogP contribution in [0.3, 0.4) is 0 Å². The van der Waals surface area contributed by atoms with Crippen LogP contribution in [-0.4, -0.2) is 58.5 Å². The fraction of sp³-hybridized carbons (Fsp3) is 0.750. The first-order chi connectivity index (χ1) is 11.8. The van der Waals surface area contributed by atoms with Crippen LogP contribution in [0, 0.1) is 0 Å². The fourth-order valence-corrected chi connectivity index (χ4v) is 5.66. The first-order valence-electron chi connectivity index (χ1n) is 8.80. The van der Waals surface area contributed by atoms with Crippen molar-refractivity contribution in [3.63, 3.8) is 0 Å². The summed E-state index contributed by atoms with van der Waals surface area (Å²) in [6.45, 7) is 4.80. The molecule has 1 aliphatic heterocycles. The van der Waals surface area contributed by atoms with Crippen LogP contribution in [-0.2, 0) is 24.1 Å². The monoisotopic (exact) mass is 370 g/mol. The van der Waals surface area contributed by atoms with Crippen LogP contribution in [0.15, 0.2) is 20.7 Å². The molecule has 0 radical (unpaired) electrons. The van der Waals surface area contributed by atoms with Gasteiger partial charge in [0.05, 0.1) is 0 Å². The molecule has 0 aromatic carbocycles. The number of nitrogens with zero attached hydrogens (tertiary/aromatic N) is 4. The summed E-state index contributed by atoms with van der Waals surface area (Å²) in [4.78, 5) is 26.3. The lowest BCUT2D eigenvalue weighted by Gasteiger charge is -2.37. The second-order valence-electron chi connectivity index (χ2n) is 6.98. The Morgan fingerprint density at radius 1 is 1.08 bits per heavy atom. The number of hydrogen-bond acceptors (Lipinski definition) is 5. The number of aromatic nitrogens is 2. The van der Waals surface area contributed by atoms with E-state index in [1.165, 1.54) is 14.1 Å². The quantitative estimate of drug-likeness (QED) is 0.712. The van der Waals surface area contributed by atoms with Crippen molar-refractivity contribution in [2.75, 3.05) is 19.6 Å². The van der Waals surface area contributed by atoms with Gasteiger partial charge < -0.3 is 9.47 Å². The zero-order valence-corrected chi connectivity index (χ0v) is 15.8. The number of piperidine rings is 1. The van der Waals surface area contributed by atoms with Gasteiger partial charge in [-0.15, -0.1) is 0 Å². The van der Waals surface area contributed by atoms with Gasteiger partial charge in [-0.1, -0.05) is 6.92 Å². The van der Waals surface area contributed by atoms with E-state index in [1.807, 2.05) is 0 Å². The van der Waals surface area contributed by atoms with Gasteiger partial charge in [0.1, 0.15) is 0 Å². The Hall–Kier alpha value is -1.45. The van der Waals surface area contributed by atoms with Gasteiger partial charge in [-0.3, -0.25) is 9.36 Å². The molecule has 0 bridgehead atoms. The molecule has 0 N–H and O–H groups in total. The van der Waals surface area contributed by atoms with Crippen LogP contribution in [0.1, 0.15) is 32.6 Å². The Bertz CT molecular complexity index is 861. The molecule has 2 fully saturated rings. The van der Waals surface area contributed by atoms with E-state index in [-0.39, 0.29) is 17.0 Å². The lowest BCUT2D eigenvalue weighted by Crippen LogP contribution is -2.50. The van der Waals surface area contributed by atoms with E-state index >= 15 is 0 Å². The molecule has 2 aliphatic rings. The Morgan fingerprint density at radius 3 is 2.16 bits per heavy atom. The normalized spacial score (nSPS) is 20.3. The highest BCUT2D eigenvalue weighted by atomic mass is 32.2. The molecule has 1 aromatic heterocycles. The molecule has 8 nitrogen and oxygen atoms in total. The number of likely N-dealkylation sites (tertiary alicyclic amines) is 1. The maximum atomic E-state index is 13.3. The molecule has 9 heteroatoms. The van der Waals surface area contributed by atoms with Gasteiger partial charge in [-0.2, -0.15) is 4.31 Å². The summed E-state index contributed by atoms with van der Waals surface area (Å²) >= 11 is 0. The van der Waals surface area contributed by atoms with E-state index in [0.717, 1.165) is 60.6 Å². The third-order valence-electron chi connectivity index (χ3n) is 5.24. The lowest BCUT2D eigenvalue weighted by atomic mass is 10.1. The lowest BCUT2D eigenvalue weighted by molar-refractivity contribution is 0.161. The van der Waals surface area contributed by atoms with E-state index in [0.29, 0.717) is 0 Å². The maximum Gasteiger partial charge on any atom is 0.330 e. The van der Waals surface area contributed by atoms with Crippen molar-refractivity contribution in [3.8, 4) is 0 Å². The van der Waals surface area contributed by atoms with Gasteiger partial charge >= 0.3 is 5.69 Å². The zero-order chi connectivity index (χ0) is 18.4. The molecule has 1 aliphatic carbocycles. The molecule has 0 unspecified atom stereocenters. The molecule has 0 amide bonds. The molecule has 1 saturated carbocycles. The summed E-state index contributed by atoms with van der Waals surface area (Å²) in [5.41, 5.74) is -1.28. The van der Waals surface area contributed by atoms with Crippen molar-refractivity contribution >= 4 is 10.0 Å². The minimum absolute atomic E-state index is 0.0230. The summed E-state index contributed by atoms with van der Waals surface area (Å²) in [6.07, 6.45) is 4.38. The summed E-state index contributed by atoms with van der Waals surface area (Å²) < 4.78 is 30.1. The molecule has 1 aromatic rings. The summed E-state index contributed by atoms with van der Waals surface area (Å²) in [6, 6.07) is -0.104. The molecule has 0 atom stereocenters. The molecule has 1 saturated heterocycles. The first kappa shape index (κ1) is 18.3. The molecule has 3 rings (SSSR count). The average molecular weight is 370 g/mol. The second-order valence-corrected chi connectivity index (χ2v) is 8.79. The van der Waals surface area contributed by atoms with Gasteiger partial charge in [-0.05, 0) is 45.3 Å². The van der Waals surface area contributed by atoms with Crippen molar-refractivity contribution in [1.82, 2.24) is 18.3 Å². The highest BCUT2D eigenvalue weighted by molar-refractivity contribution is 7.89. The predicted octanol–water partition coefficient (Wildman–Crippen LogP) is -0.279. The van der Waals surface area contributed by atoms with Crippen molar-refractivity contribution in [2.45, 2.75) is 49.6 Å². The number of aryl methyl sites for hydroxylation is 1. The van der Waals surface area contributed by atoms with E-state index in [9.17, 15) is 18.0 Å². The van der Waals surface area contributed by atoms with Crippen molar-refractivity contribution < 1.29 is 8.42 Å². The predicted molar refractivity (Wildman–Crippen MR) is 94.1 cm³/mol. The Morgan fingerprint density at radius 2 is 1.64 bits per heavy atom. The molecular formula is C16H26N4O4S. The van der Waals surface area contributed by atoms with E-state index < -0.39 is 21.3 Å². The highest BCUT2D eigenvalue weighted by Gasteiger charge is 2.44. The SMILES string of the molecule is CCN1CCC(N(C2CC2)S(=O)(=O)c2cn(C)c(=O)n(C)c2=O)CC1. The Labute approximate surface area is 147 Å². The van der Waals surface area contributed by atoms with Crippen LogP contribution in [0.25, 0.3) is 0 Å². The smallest absolute Gasteiger partial charge is 0.303 e. The van der Waals surface area contributed by atoms with Crippen LogP contribution in [0.5, 0.6) is 0 Å². The molecule has 2 heterocycles. The van der Waals surface area contributed by atoms with E-state index in [2.05, 4.69) is 11.8 Å². The number of sulfonamides is 1. The largest absolute Gasteiger partial charge is 0.330 e. The van der Waals surface area contributed by atoms with Crippen molar-refractivity contribution in [2.24, 2.45) is 14.1 Å². The van der Waals surface area contributed by atoms with Gasteiger partial charge in [0.15, 0.2) is 4.90 Å². The first-order valence-corrected chi connectivity index (χ1v) is 10.2. The number of rotatable bonds is 5. The number of hydrogen-bond donors (Lipinski definition) is 0. The summed E-state index contributed by atoms with van der Waals surface area (Å²) in [5, 5.41) is 0. The average Bonchev–Trinajstić information content (AvgIpc) is 3.41. The van der Waals surface area contributed by atoms with Gasteiger partial charge in [0.2, 0.25) is 0 Å². The standard InChI is InChI=1S/C16H26N4O4S/c1-4-19-9-7-13(8-10-19)20(12-5-6-12)25(23,24)14-11-17(2)16(22)18(3)15(14)21/h11-13H,4-10H2,1-3H3. The molecular weight excluding hydrogens is 344 g/mol. The Balaban J connectivity index is 2.00.